The predicted molar refractivity (Wildman–Crippen MR) is 88.0 cm³/mol. The summed E-state index contributed by atoms with van der Waals surface area (Å²) in [6.45, 7) is 1.42. The van der Waals surface area contributed by atoms with Crippen LogP contribution in [0.15, 0.2) is 36.7 Å². The average molecular weight is 346 g/mol. The van der Waals surface area contributed by atoms with Crippen LogP contribution in [0, 0.1) is 21.8 Å². The Morgan fingerprint density at radius 2 is 2.08 bits per heavy atom. The fourth-order valence-corrected chi connectivity index (χ4v) is 2.61. The van der Waals surface area contributed by atoms with Gasteiger partial charge in [0.2, 0.25) is 5.91 Å². The van der Waals surface area contributed by atoms with Gasteiger partial charge in [0.25, 0.3) is 0 Å². The van der Waals surface area contributed by atoms with Crippen molar-refractivity contribution in [2.45, 2.75) is 32.4 Å². The van der Waals surface area contributed by atoms with E-state index < -0.39 is 4.92 Å². The van der Waals surface area contributed by atoms with Crippen LogP contribution in [0.4, 0.5) is 10.1 Å². The van der Waals surface area contributed by atoms with Crippen molar-refractivity contribution in [2.24, 2.45) is 5.92 Å². The van der Waals surface area contributed by atoms with Gasteiger partial charge in [-0.3, -0.25) is 19.6 Å². The Labute approximate surface area is 144 Å². The minimum absolute atomic E-state index is 0.0330. The molecule has 1 fully saturated rings. The summed E-state index contributed by atoms with van der Waals surface area (Å²) in [5, 5.41) is 14.6. The van der Waals surface area contributed by atoms with Crippen molar-refractivity contribution in [3.8, 4) is 0 Å². The first-order chi connectivity index (χ1) is 12.0. The van der Waals surface area contributed by atoms with E-state index in [4.69, 9.17) is 0 Å². The standard InChI is InChI=1S/C17H19FN4O3/c18-15-5-3-14(4-6-15)11-20(10-13-1-2-13)17(23)7-8-21-12-16(9-19-21)22(24)25/h3-6,9,12-13H,1-2,7-8,10-11H2. The van der Waals surface area contributed by atoms with Gasteiger partial charge in [0.15, 0.2) is 0 Å². The molecule has 1 aromatic heterocycles. The van der Waals surface area contributed by atoms with E-state index >= 15 is 0 Å². The number of hydrogen-bond donors (Lipinski definition) is 0. The van der Waals surface area contributed by atoms with Crippen molar-refractivity contribution in [2.75, 3.05) is 6.54 Å². The zero-order valence-corrected chi connectivity index (χ0v) is 13.7. The van der Waals surface area contributed by atoms with Crippen molar-refractivity contribution in [1.29, 1.82) is 0 Å². The van der Waals surface area contributed by atoms with E-state index in [-0.39, 0.29) is 30.4 Å². The van der Waals surface area contributed by atoms with Crippen LogP contribution in [0.2, 0.25) is 0 Å². The van der Waals surface area contributed by atoms with Crippen LogP contribution in [-0.4, -0.2) is 32.1 Å². The monoisotopic (exact) mass is 346 g/mol. The van der Waals surface area contributed by atoms with Crippen LogP contribution in [0.3, 0.4) is 0 Å². The normalized spacial score (nSPS) is 13.6. The predicted octanol–water partition coefficient (Wildman–Crippen LogP) is 2.76. The highest BCUT2D eigenvalue weighted by Crippen LogP contribution is 2.30. The molecular formula is C17H19FN4O3. The molecule has 0 radical (unpaired) electrons. The number of benzene rings is 1. The molecule has 1 aliphatic carbocycles. The molecule has 1 amide bonds. The Balaban J connectivity index is 1.59. The van der Waals surface area contributed by atoms with Crippen molar-refractivity contribution < 1.29 is 14.1 Å². The highest BCUT2D eigenvalue weighted by atomic mass is 19.1. The van der Waals surface area contributed by atoms with Gasteiger partial charge >= 0.3 is 5.69 Å². The number of amides is 1. The molecule has 1 heterocycles. The molecule has 25 heavy (non-hydrogen) atoms. The molecule has 0 saturated heterocycles. The number of nitro groups is 1. The molecule has 7 nitrogen and oxygen atoms in total. The SMILES string of the molecule is O=C(CCn1cc([N+](=O)[O-])cn1)N(Cc1ccc(F)cc1)CC1CC1. The molecule has 0 unspecified atom stereocenters. The minimum Gasteiger partial charge on any atom is -0.338 e. The van der Waals surface area contributed by atoms with Gasteiger partial charge < -0.3 is 4.90 Å². The maximum atomic E-state index is 13.0. The summed E-state index contributed by atoms with van der Waals surface area (Å²) in [5.74, 6) is 0.202. The maximum absolute atomic E-state index is 13.0. The maximum Gasteiger partial charge on any atom is 0.306 e. The lowest BCUT2D eigenvalue weighted by atomic mass is 10.2. The second-order valence-electron chi connectivity index (χ2n) is 6.31. The van der Waals surface area contributed by atoms with E-state index in [1.165, 1.54) is 29.2 Å². The van der Waals surface area contributed by atoms with Gasteiger partial charge in [-0.25, -0.2) is 4.39 Å². The largest absolute Gasteiger partial charge is 0.338 e. The van der Waals surface area contributed by atoms with Crippen molar-refractivity contribution in [3.63, 3.8) is 0 Å². The molecule has 0 atom stereocenters. The van der Waals surface area contributed by atoms with Gasteiger partial charge in [-0.05, 0) is 36.5 Å². The third-order valence-electron chi connectivity index (χ3n) is 4.20. The van der Waals surface area contributed by atoms with E-state index in [1.54, 1.807) is 17.0 Å². The lowest BCUT2D eigenvalue weighted by Gasteiger charge is -2.23. The lowest BCUT2D eigenvalue weighted by molar-refractivity contribution is -0.385. The van der Waals surface area contributed by atoms with Crippen LogP contribution in [0.5, 0.6) is 0 Å². The van der Waals surface area contributed by atoms with Gasteiger partial charge in [0.1, 0.15) is 18.2 Å². The summed E-state index contributed by atoms with van der Waals surface area (Å²) in [7, 11) is 0. The van der Waals surface area contributed by atoms with Gasteiger partial charge in [0.05, 0.1) is 4.92 Å². The van der Waals surface area contributed by atoms with E-state index in [9.17, 15) is 19.3 Å². The molecule has 1 aromatic carbocycles. The van der Waals surface area contributed by atoms with Gasteiger partial charge in [-0.2, -0.15) is 5.10 Å². The first-order valence-corrected chi connectivity index (χ1v) is 8.20. The van der Waals surface area contributed by atoms with E-state index in [1.807, 2.05) is 0 Å². The second kappa shape index (κ2) is 7.42. The average Bonchev–Trinajstić information content (AvgIpc) is 3.27. The third kappa shape index (κ3) is 4.85. The summed E-state index contributed by atoms with van der Waals surface area (Å²) < 4.78 is 14.4. The minimum atomic E-state index is -0.515. The number of aryl methyl sites for hydroxylation is 1. The summed E-state index contributed by atoms with van der Waals surface area (Å²) >= 11 is 0. The summed E-state index contributed by atoms with van der Waals surface area (Å²) in [6, 6.07) is 6.13. The molecule has 0 spiro atoms. The van der Waals surface area contributed by atoms with Crippen molar-refractivity contribution in [3.05, 3.63) is 58.2 Å². The molecule has 132 valence electrons. The molecule has 2 aromatic rings. The Morgan fingerprint density at radius 3 is 2.68 bits per heavy atom. The van der Waals surface area contributed by atoms with Gasteiger partial charge in [0, 0.05) is 26.1 Å². The van der Waals surface area contributed by atoms with Crippen LogP contribution < -0.4 is 0 Å². The molecule has 0 aliphatic heterocycles. The van der Waals surface area contributed by atoms with Crippen molar-refractivity contribution in [1.82, 2.24) is 14.7 Å². The van der Waals surface area contributed by atoms with Crippen LogP contribution in [0.1, 0.15) is 24.8 Å². The third-order valence-corrected chi connectivity index (χ3v) is 4.20. The first kappa shape index (κ1) is 17.1. The highest BCUT2D eigenvalue weighted by molar-refractivity contribution is 5.76. The molecule has 3 rings (SSSR count). The molecule has 0 N–H and O–H groups in total. The Kier molecular flexibility index (Phi) is 5.06. The number of carbonyl (C=O) groups is 1. The smallest absolute Gasteiger partial charge is 0.306 e. The number of carbonyl (C=O) groups excluding carboxylic acids is 1. The van der Waals surface area contributed by atoms with E-state index in [0.29, 0.717) is 19.0 Å². The topological polar surface area (TPSA) is 81.3 Å². The van der Waals surface area contributed by atoms with Crippen LogP contribution in [-0.2, 0) is 17.9 Å². The zero-order chi connectivity index (χ0) is 17.8. The van der Waals surface area contributed by atoms with Crippen molar-refractivity contribution >= 4 is 11.6 Å². The fourth-order valence-electron chi connectivity index (χ4n) is 2.61. The molecule has 8 heteroatoms. The van der Waals surface area contributed by atoms with Crippen LogP contribution >= 0.6 is 0 Å². The van der Waals surface area contributed by atoms with E-state index in [2.05, 4.69) is 5.10 Å². The van der Waals surface area contributed by atoms with Crippen LogP contribution in [0.25, 0.3) is 0 Å². The Morgan fingerprint density at radius 1 is 1.36 bits per heavy atom. The number of nitrogens with zero attached hydrogens (tertiary/aromatic N) is 4. The fraction of sp³-hybridized carbons (Fsp3) is 0.412. The molecular weight excluding hydrogens is 327 g/mol. The number of halogens is 1. The lowest BCUT2D eigenvalue weighted by Crippen LogP contribution is -2.33. The van der Waals surface area contributed by atoms with Gasteiger partial charge in [-0.15, -0.1) is 0 Å². The molecule has 1 saturated carbocycles. The zero-order valence-electron chi connectivity index (χ0n) is 13.7. The summed E-state index contributed by atoms with van der Waals surface area (Å²) in [6.07, 6.45) is 4.95. The summed E-state index contributed by atoms with van der Waals surface area (Å²) in [4.78, 5) is 24.5. The second-order valence-corrected chi connectivity index (χ2v) is 6.31. The number of rotatable bonds is 8. The molecule has 0 bridgehead atoms. The highest BCUT2D eigenvalue weighted by Gasteiger charge is 2.26. The number of aromatic nitrogens is 2. The Hall–Kier alpha value is -2.77. The van der Waals surface area contributed by atoms with Gasteiger partial charge in [-0.1, -0.05) is 12.1 Å². The number of hydrogen-bond acceptors (Lipinski definition) is 4. The summed E-state index contributed by atoms with van der Waals surface area (Å²) in [5.41, 5.74) is 0.790. The molecule has 1 aliphatic rings. The Bertz CT molecular complexity index is 756. The van der Waals surface area contributed by atoms with E-state index in [0.717, 1.165) is 18.4 Å². The first-order valence-electron chi connectivity index (χ1n) is 8.20. The quantitative estimate of drug-likeness (QED) is 0.544.